The lowest BCUT2D eigenvalue weighted by Crippen LogP contribution is -2.07. The summed E-state index contributed by atoms with van der Waals surface area (Å²) in [5, 5.41) is 8.28. The minimum absolute atomic E-state index is 0.235. The number of nitriles is 1. The molecule has 0 aliphatic rings. The van der Waals surface area contributed by atoms with Gasteiger partial charge in [0, 0.05) is 5.56 Å². The Morgan fingerprint density at radius 3 is 2.85 bits per heavy atom. The molecular formula is C10H9N3. The van der Waals surface area contributed by atoms with Crippen LogP contribution in [-0.2, 0) is 0 Å². The third-order valence-corrected chi connectivity index (χ3v) is 1.47. The Labute approximate surface area is 77.1 Å². The fourth-order valence-electron chi connectivity index (χ4n) is 0.897. The van der Waals surface area contributed by atoms with Gasteiger partial charge in [0.1, 0.15) is 0 Å². The number of hydrogen-bond donors (Lipinski definition) is 2. The van der Waals surface area contributed by atoms with Gasteiger partial charge in [-0.25, -0.2) is 0 Å². The summed E-state index contributed by atoms with van der Waals surface area (Å²) in [4.78, 5) is 0. The van der Waals surface area contributed by atoms with Crippen LogP contribution in [0.3, 0.4) is 0 Å². The Hall–Kier alpha value is -1.97. The Morgan fingerprint density at radius 2 is 2.15 bits per heavy atom. The molecule has 0 radical (unpaired) electrons. The Morgan fingerprint density at radius 1 is 1.38 bits per heavy atom. The van der Waals surface area contributed by atoms with Crippen LogP contribution in [0.15, 0.2) is 24.3 Å². The zero-order chi connectivity index (χ0) is 9.52. The van der Waals surface area contributed by atoms with Gasteiger partial charge in [-0.3, -0.25) is 5.84 Å². The number of hydrogen-bond acceptors (Lipinski definition) is 3. The third-order valence-electron chi connectivity index (χ3n) is 1.47. The summed E-state index contributed by atoms with van der Waals surface area (Å²) in [6, 6.07) is 9.36. The van der Waals surface area contributed by atoms with Crippen molar-refractivity contribution in [3.8, 4) is 17.9 Å². The summed E-state index contributed by atoms with van der Waals surface area (Å²) >= 11 is 0. The maximum Gasteiger partial charge on any atom is 0.0966 e. The minimum Gasteiger partial charge on any atom is -0.323 e. The van der Waals surface area contributed by atoms with Gasteiger partial charge in [0.25, 0.3) is 0 Å². The largest absolute Gasteiger partial charge is 0.323 e. The van der Waals surface area contributed by atoms with Gasteiger partial charge >= 0.3 is 0 Å². The molecule has 64 valence electrons. The molecule has 3 heteroatoms. The van der Waals surface area contributed by atoms with Crippen molar-refractivity contribution in [2.24, 2.45) is 5.84 Å². The number of rotatable bonds is 1. The smallest absolute Gasteiger partial charge is 0.0966 e. The second-order valence-corrected chi connectivity index (χ2v) is 2.33. The number of nitrogen functional groups attached to an aromatic ring is 1. The molecular weight excluding hydrogens is 162 g/mol. The summed E-state index contributed by atoms with van der Waals surface area (Å²) in [5.41, 5.74) is 4.11. The van der Waals surface area contributed by atoms with Crippen molar-refractivity contribution in [3.63, 3.8) is 0 Å². The maximum absolute atomic E-state index is 8.28. The molecule has 0 spiro atoms. The average molecular weight is 171 g/mol. The number of benzene rings is 1. The first-order chi connectivity index (χ1) is 6.38. The van der Waals surface area contributed by atoms with E-state index in [1.165, 1.54) is 0 Å². The minimum atomic E-state index is 0.235. The lowest BCUT2D eigenvalue weighted by molar-refractivity contribution is 1.34. The summed E-state index contributed by atoms with van der Waals surface area (Å²) in [6.07, 6.45) is 0.235. The molecule has 0 aliphatic heterocycles. The van der Waals surface area contributed by atoms with E-state index in [9.17, 15) is 0 Å². The first-order valence-electron chi connectivity index (χ1n) is 3.80. The average Bonchev–Trinajstić information content (AvgIpc) is 2.19. The third kappa shape index (κ3) is 2.52. The van der Waals surface area contributed by atoms with Crippen LogP contribution in [0.5, 0.6) is 0 Å². The van der Waals surface area contributed by atoms with Crippen LogP contribution in [0.1, 0.15) is 12.0 Å². The summed E-state index contributed by atoms with van der Waals surface area (Å²) in [6.45, 7) is 0. The van der Waals surface area contributed by atoms with E-state index in [1.807, 2.05) is 30.3 Å². The normalized spacial score (nSPS) is 8.00. The monoisotopic (exact) mass is 171 g/mol. The molecule has 0 bridgehead atoms. The van der Waals surface area contributed by atoms with Gasteiger partial charge in [0.2, 0.25) is 0 Å². The van der Waals surface area contributed by atoms with E-state index in [2.05, 4.69) is 17.3 Å². The highest BCUT2D eigenvalue weighted by molar-refractivity contribution is 5.58. The molecule has 1 aromatic rings. The fourth-order valence-corrected chi connectivity index (χ4v) is 0.897. The van der Waals surface area contributed by atoms with Crippen molar-refractivity contribution in [1.82, 2.24) is 0 Å². The first kappa shape index (κ1) is 9.12. The molecule has 0 fully saturated rings. The molecule has 1 rings (SSSR count). The highest BCUT2D eigenvalue weighted by Crippen LogP contribution is 2.11. The van der Waals surface area contributed by atoms with Crippen LogP contribution in [0.4, 0.5) is 5.69 Å². The SMILES string of the molecule is N#CCC#Cc1ccccc1NN. The summed E-state index contributed by atoms with van der Waals surface area (Å²) < 4.78 is 0. The maximum atomic E-state index is 8.28. The van der Waals surface area contributed by atoms with Crippen LogP contribution in [0.25, 0.3) is 0 Å². The molecule has 0 saturated heterocycles. The van der Waals surface area contributed by atoms with Crippen molar-refractivity contribution < 1.29 is 0 Å². The number of anilines is 1. The van der Waals surface area contributed by atoms with Crippen molar-refractivity contribution in [3.05, 3.63) is 29.8 Å². The fraction of sp³-hybridized carbons (Fsp3) is 0.100. The van der Waals surface area contributed by atoms with E-state index >= 15 is 0 Å². The molecule has 0 unspecified atom stereocenters. The molecule has 3 N–H and O–H groups in total. The van der Waals surface area contributed by atoms with E-state index < -0.39 is 0 Å². The highest BCUT2D eigenvalue weighted by Gasteiger charge is 1.93. The van der Waals surface area contributed by atoms with Crippen molar-refractivity contribution >= 4 is 5.69 Å². The van der Waals surface area contributed by atoms with Gasteiger partial charge in [-0.05, 0) is 12.1 Å². The Bertz CT molecular complexity index is 379. The van der Waals surface area contributed by atoms with E-state index in [0.717, 1.165) is 11.3 Å². The quantitative estimate of drug-likeness (QED) is 0.379. The van der Waals surface area contributed by atoms with Gasteiger partial charge in [0.05, 0.1) is 18.2 Å². The second-order valence-electron chi connectivity index (χ2n) is 2.33. The van der Waals surface area contributed by atoms with Crippen molar-refractivity contribution in [2.75, 3.05) is 5.43 Å². The molecule has 3 nitrogen and oxygen atoms in total. The highest BCUT2D eigenvalue weighted by atomic mass is 15.2. The van der Waals surface area contributed by atoms with Gasteiger partial charge in [0.15, 0.2) is 0 Å². The van der Waals surface area contributed by atoms with E-state index in [-0.39, 0.29) is 6.42 Å². The van der Waals surface area contributed by atoms with Crippen LogP contribution in [-0.4, -0.2) is 0 Å². The molecule has 0 aromatic heterocycles. The summed E-state index contributed by atoms with van der Waals surface area (Å²) in [5.74, 6) is 10.8. The predicted molar refractivity (Wildman–Crippen MR) is 51.4 cm³/mol. The Balaban J connectivity index is 2.90. The zero-order valence-electron chi connectivity index (χ0n) is 7.04. The molecule has 0 atom stereocenters. The van der Waals surface area contributed by atoms with E-state index in [0.29, 0.717) is 0 Å². The van der Waals surface area contributed by atoms with Crippen LogP contribution in [0.2, 0.25) is 0 Å². The second kappa shape index (κ2) is 4.82. The number of nitrogens with zero attached hydrogens (tertiary/aromatic N) is 1. The lowest BCUT2D eigenvalue weighted by Gasteiger charge is -2.00. The molecule has 1 aromatic carbocycles. The number of para-hydroxylation sites is 1. The molecule has 0 heterocycles. The number of nitrogens with one attached hydrogen (secondary N) is 1. The van der Waals surface area contributed by atoms with Crippen LogP contribution < -0.4 is 11.3 Å². The van der Waals surface area contributed by atoms with Crippen molar-refractivity contribution in [2.45, 2.75) is 6.42 Å². The van der Waals surface area contributed by atoms with E-state index in [4.69, 9.17) is 11.1 Å². The molecule has 0 amide bonds. The zero-order valence-corrected chi connectivity index (χ0v) is 7.04. The van der Waals surface area contributed by atoms with Crippen molar-refractivity contribution in [1.29, 1.82) is 5.26 Å². The molecule has 0 saturated carbocycles. The first-order valence-corrected chi connectivity index (χ1v) is 3.80. The molecule has 13 heavy (non-hydrogen) atoms. The number of hydrazine groups is 1. The van der Waals surface area contributed by atoms with Gasteiger partial charge < -0.3 is 5.43 Å². The predicted octanol–water partition coefficient (Wildman–Crippen LogP) is 1.24. The van der Waals surface area contributed by atoms with Gasteiger partial charge in [-0.2, -0.15) is 5.26 Å². The van der Waals surface area contributed by atoms with E-state index in [1.54, 1.807) is 0 Å². The summed E-state index contributed by atoms with van der Waals surface area (Å²) in [7, 11) is 0. The van der Waals surface area contributed by atoms with Gasteiger partial charge in [-0.15, -0.1) is 0 Å². The lowest BCUT2D eigenvalue weighted by atomic mass is 10.2. The van der Waals surface area contributed by atoms with Crippen LogP contribution >= 0.6 is 0 Å². The number of nitrogens with two attached hydrogens (primary N) is 1. The standard InChI is InChI=1S/C10H9N3/c11-8-4-3-6-9-5-1-2-7-10(9)13-12/h1-2,5,7,13H,4,12H2. The Kier molecular flexibility index (Phi) is 3.38. The topological polar surface area (TPSA) is 61.8 Å². The van der Waals surface area contributed by atoms with Gasteiger partial charge in [-0.1, -0.05) is 24.0 Å². The van der Waals surface area contributed by atoms with Crippen LogP contribution in [0, 0.1) is 23.2 Å². The molecule has 0 aliphatic carbocycles.